The molecule has 1 aromatic heterocycles. The minimum Gasteiger partial charge on any atom is -0.662 e. The summed E-state index contributed by atoms with van der Waals surface area (Å²) in [7, 11) is 0. The fraction of sp³-hybridized carbons (Fsp3) is 0.216. The van der Waals surface area contributed by atoms with Crippen LogP contribution in [0.25, 0.3) is 38.8 Å². The number of aromatic nitrogens is 1. The zero-order chi connectivity index (χ0) is 28.1. The van der Waals surface area contributed by atoms with Crippen LogP contribution in [-0.4, -0.2) is 4.98 Å². The van der Waals surface area contributed by atoms with Crippen LogP contribution in [0.1, 0.15) is 52.7 Å². The van der Waals surface area contributed by atoms with E-state index in [1.165, 1.54) is 20.9 Å². The average Bonchev–Trinajstić information content (AvgIpc) is 2.95. The quantitative estimate of drug-likeness (QED) is 0.134. The molecule has 0 saturated carbocycles. The van der Waals surface area contributed by atoms with E-state index >= 15 is 0 Å². The Morgan fingerprint density at radius 1 is 0.634 bits per heavy atom. The van der Waals surface area contributed by atoms with Crippen LogP contribution in [-0.2, 0) is 33.2 Å². The smallest absolute Gasteiger partial charge is 0.662 e. The largest absolute Gasteiger partial charge is 3.00 e. The molecule has 1 aliphatic rings. The van der Waals surface area contributed by atoms with Crippen molar-refractivity contribution < 1.29 is 22.4 Å². The third kappa shape index (κ3) is 6.10. The van der Waals surface area contributed by atoms with Gasteiger partial charge in [-0.15, -0.1) is 45.8 Å². The van der Waals surface area contributed by atoms with E-state index in [4.69, 9.17) is 5.32 Å². The number of pyridine rings is 1. The maximum Gasteiger partial charge on any atom is 3.00 e. The maximum atomic E-state index is 5.12. The molecule has 4 heteroatoms. The molecule has 4 aromatic carbocycles. The van der Waals surface area contributed by atoms with Crippen molar-refractivity contribution in [2.45, 2.75) is 62.2 Å². The minimum absolute atomic E-state index is 0. The fourth-order valence-corrected chi connectivity index (χ4v) is 5.91. The van der Waals surface area contributed by atoms with E-state index < -0.39 is 0 Å². The molecule has 208 valence electrons. The molecule has 0 unspecified atom stereocenters. The Morgan fingerprint density at radius 3 is 1.88 bits per heavy atom. The Labute approximate surface area is 264 Å². The number of para-hydroxylation sites is 2. The molecule has 0 fully saturated rings. The Hall–Kier alpha value is -3.08. The van der Waals surface area contributed by atoms with Gasteiger partial charge in [0.05, 0.1) is 0 Å². The van der Waals surface area contributed by atoms with Crippen LogP contribution in [0, 0.1) is 12.1 Å². The van der Waals surface area contributed by atoms with Gasteiger partial charge in [0.2, 0.25) is 0 Å². The van der Waals surface area contributed by atoms with E-state index in [2.05, 4.69) is 131 Å². The molecule has 0 aliphatic carbocycles. The third-order valence-electron chi connectivity index (χ3n) is 7.31. The van der Waals surface area contributed by atoms with Crippen LogP contribution in [0.5, 0.6) is 0 Å². The van der Waals surface area contributed by atoms with Crippen LogP contribution >= 0.6 is 11.8 Å². The summed E-state index contributed by atoms with van der Waals surface area (Å²) < 4.78 is 0. The van der Waals surface area contributed by atoms with Gasteiger partial charge in [0, 0.05) is 11.9 Å². The van der Waals surface area contributed by atoms with Crippen molar-refractivity contribution in [2.24, 2.45) is 0 Å². The third-order valence-corrected chi connectivity index (χ3v) is 8.42. The van der Waals surface area contributed by atoms with Crippen molar-refractivity contribution in [3.05, 3.63) is 120 Å². The Bertz CT molecular complexity index is 1710. The van der Waals surface area contributed by atoms with Crippen molar-refractivity contribution in [3.63, 3.8) is 0 Å². The van der Waals surface area contributed by atoms with E-state index in [1.807, 2.05) is 18.3 Å². The van der Waals surface area contributed by atoms with E-state index in [1.54, 1.807) is 11.8 Å². The van der Waals surface area contributed by atoms with Gasteiger partial charge in [0.1, 0.15) is 0 Å². The van der Waals surface area contributed by atoms with Crippen molar-refractivity contribution in [2.75, 3.05) is 0 Å². The number of nitrogens with zero attached hydrogens (tertiary/aromatic N) is 2. The first-order valence-electron chi connectivity index (χ1n) is 13.8. The molecule has 0 atom stereocenters. The predicted octanol–water partition coefficient (Wildman–Crippen LogP) is 11.1. The van der Waals surface area contributed by atoms with Crippen molar-refractivity contribution >= 4 is 23.1 Å². The van der Waals surface area contributed by atoms with Gasteiger partial charge in [0.25, 0.3) is 0 Å². The number of rotatable bonds is 3. The summed E-state index contributed by atoms with van der Waals surface area (Å²) in [5.74, 6) is 0. The van der Waals surface area contributed by atoms with Crippen LogP contribution in [0.2, 0.25) is 0 Å². The van der Waals surface area contributed by atoms with E-state index in [0.717, 1.165) is 44.9 Å². The fourth-order valence-electron chi connectivity index (χ4n) is 4.91. The Morgan fingerprint density at radius 2 is 1.22 bits per heavy atom. The normalized spacial score (nSPS) is 12.5. The van der Waals surface area contributed by atoms with Crippen molar-refractivity contribution in [1.82, 2.24) is 4.98 Å². The van der Waals surface area contributed by atoms with Gasteiger partial charge < -0.3 is 5.32 Å². The maximum absolute atomic E-state index is 5.12. The zero-order valence-electron chi connectivity index (χ0n) is 24.3. The predicted molar refractivity (Wildman–Crippen MR) is 169 cm³/mol. The second-order valence-corrected chi connectivity index (χ2v) is 13.5. The summed E-state index contributed by atoms with van der Waals surface area (Å²) in [6.07, 6.45) is 1.84. The molecule has 0 radical (unpaired) electrons. The van der Waals surface area contributed by atoms with Gasteiger partial charge in [-0.25, -0.2) is 0 Å². The number of fused-ring (bicyclic) bond motifs is 2. The minimum atomic E-state index is -0.0443. The van der Waals surface area contributed by atoms with Crippen molar-refractivity contribution in [3.8, 4) is 33.5 Å². The zero-order valence-corrected chi connectivity index (χ0v) is 27.2. The molecule has 41 heavy (non-hydrogen) atoms. The van der Waals surface area contributed by atoms with Gasteiger partial charge in [-0.1, -0.05) is 107 Å². The van der Waals surface area contributed by atoms with Gasteiger partial charge in [-0.05, 0) is 32.8 Å². The molecule has 0 amide bonds. The second kappa shape index (κ2) is 11.3. The van der Waals surface area contributed by atoms with Gasteiger partial charge in [0.15, 0.2) is 0 Å². The van der Waals surface area contributed by atoms with Crippen LogP contribution in [0.15, 0.2) is 101 Å². The molecule has 2 heterocycles. The first-order valence-corrected chi connectivity index (χ1v) is 14.6. The number of hydrogen-bond donors (Lipinski definition) is 0. The average molecular weight is 735 g/mol. The summed E-state index contributed by atoms with van der Waals surface area (Å²) >= 11 is 1.79. The van der Waals surface area contributed by atoms with Gasteiger partial charge in [-0.3, -0.25) is 4.98 Å². The Kier molecular flexibility index (Phi) is 8.11. The topological polar surface area (TPSA) is 27.0 Å². The molecule has 5 aromatic rings. The summed E-state index contributed by atoms with van der Waals surface area (Å²) in [6, 6.07) is 37.4. The molecular weight excluding hydrogens is 701 g/mol. The second-order valence-electron chi connectivity index (χ2n) is 12.4. The standard InChI is InChI=1S/C37H33N2S.Au/c1-36(2,3)28-20-24(25-19-27(31-13-9-10-17-38-31)23-29(21-25)37(4,5)6)18-26(22-28)30-12-11-16-34-35(30)39-32-14-7-8-15-33(32)40-34;/h7-17,20-23H,1-6H3;/q-3;+3. The molecule has 2 nitrogen and oxygen atoms in total. The van der Waals surface area contributed by atoms with Crippen molar-refractivity contribution in [1.29, 1.82) is 0 Å². The number of benzene rings is 4. The summed E-state index contributed by atoms with van der Waals surface area (Å²) in [5.41, 5.74) is 10.6. The first-order chi connectivity index (χ1) is 19.1. The monoisotopic (exact) mass is 734 g/mol. The van der Waals surface area contributed by atoms with Gasteiger partial charge in [-0.2, -0.15) is 35.4 Å². The molecule has 0 saturated heterocycles. The number of hydrogen-bond acceptors (Lipinski definition) is 2. The molecule has 0 bridgehead atoms. The van der Waals surface area contributed by atoms with E-state index in [0.29, 0.717) is 0 Å². The van der Waals surface area contributed by atoms with E-state index in [-0.39, 0.29) is 33.2 Å². The van der Waals surface area contributed by atoms with Crippen LogP contribution < -0.4 is 0 Å². The molecule has 1 aliphatic heterocycles. The van der Waals surface area contributed by atoms with Crippen LogP contribution in [0.4, 0.5) is 11.4 Å². The van der Waals surface area contributed by atoms with E-state index in [9.17, 15) is 0 Å². The van der Waals surface area contributed by atoms with Crippen LogP contribution in [0.3, 0.4) is 0 Å². The molecule has 0 spiro atoms. The first kappa shape index (κ1) is 29.4. The summed E-state index contributed by atoms with van der Waals surface area (Å²) in [5, 5.41) is 5.12. The SMILES string of the molecule is CC(C)(C)c1cc(-c2[c-]c(-c3cccc4c3[N-]c3ccccc3S4)cc(C(C)(C)C)c2)[c-]c(-c2ccccn2)c1.[Au+3]. The van der Waals surface area contributed by atoms with Gasteiger partial charge >= 0.3 is 22.4 Å². The summed E-state index contributed by atoms with van der Waals surface area (Å²) in [4.78, 5) is 7.00. The molecule has 6 rings (SSSR count). The molecule has 0 N–H and O–H groups in total. The summed E-state index contributed by atoms with van der Waals surface area (Å²) in [6.45, 7) is 13.6. The Balaban J connectivity index is 0.00000337. The molecular formula is C37H33AuN2S.